The third kappa shape index (κ3) is 3.74. The van der Waals surface area contributed by atoms with Crippen LogP contribution in [0.5, 0.6) is 0 Å². The highest BCUT2D eigenvalue weighted by molar-refractivity contribution is 6.30. The molecule has 2 heterocycles. The lowest BCUT2D eigenvalue weighted by Gasteiger charge is -2.18. The molecule has 28 heavy (non-hydrogen) atoms. The molecule has 0 fully saturated rings. The largest absolute Gasteiger partial charge is 0.352 e. The van der Waals surface area contributed by atoms with Crippen molar-refractivity contribution in [3.63, 3.8) is 0 Å². The number of fused-ring (bicyclic) bond motifs is 1. The summed E-state index contributed by atoms with van der Waals surface area (Å²) in [4.78, 5) is 14.9. The van der Waals surface area contributed by atoms with Gasteiger partial charge in [-0.25, -0.2) is 15.0 Å². The van der Waals surface area contributed by atoms with Gasteiger partial charge < -0.3 is 14.8 Å². The van der Waals surface area contributed by atoms with Crippen molar-refractivity contribution in [2.24, 2.45) is 7.05 Å². The monoisotopic (exact) mass is 412 g/mol. The van der Waals surface area contributed by atoms with E-state index in [1.165, 1.54) is 0 Å². The smallest absolute Gasteiger partial charge is 0.224 e. The van der Waals surface area contributed by atoms with Gasteiger partial charge in [0.2, 0.25) is 11.2 Å². The van der Waals surface area contributed by atoms with Gasteiger partial charge in [-0.2, -0.15) is 0 Å². The summed E-state index contributed by atoms with van der Waals surface area (Å²) in [5, 5.41) is 4.33. The van der Waals surface area contributed by atoms with Crippen LogP contribution in [0.1, 0.15) is 5.56 Å². The second kappa shape index (κ2) is 7.66. The zero-order valence-electron chi connectivity index (χ0n) is 15.4. The number of aromatic nitrogens is 4. The highest BCUT2D eigenvalue weighted by Crippen LogP contribution is 2.27. The third-order valence-electron chi connectivity index (χ3n) is 4.57. The van der Waals surface area contributed by atoms with Gasteiger partial charge in [0.15, 0.2) is 0 Å². The molecule has 2 aromatic carbocycles. The minimum atomic E-state index is 0.219. The van der Waals surface area contributed by atoms with Gasteiger partial charge >= 0.3 is 0 Å². The Morgan fingerprint density at radius 3 is 2.57 bits per heavy atom. The minimum absolute atomic E-state index is 0.219. The summed E-state index contributed by atoms with van der Waals surface area (Å²) in [5.41, 5.74) is 4.03. The zero-order chi connectivity index (χ0) is 19.7. The Bertz CT molecular complexity index is 1120. The highest BCUT2D eigenvalue weighted by atomic mass is 35.5. The minimum Gasteiger partial charge on any atom is -0.352 e. The number of halogens is 2. The van der Waals surface area contributed by atoms with Gasteiger partial charge in [-0.3, -0.25) is 0 Å². The number of hydrogen-bond donors (Lipinski definition) is 1. The number of anilines is 3. The number of nitrogens with one attached hydrogen (secondary N) is 1. The second-order valence-corrected chi connectivity index (χ2v) is 7.16. The Morgan fingerprint density at radius 2 is 1.82 bits per heavy atom. The SMILES string of the molecule is CN(c1ccc2c(c1)nc(NCc1ccc(Cl)cc1)n2C)c1ccnc(Cl)n1. The number of nitrogens with zero attached hydrogens (tertiary/aromatic N) is 5. The fourth-order valence-electron chi connectivity index (χ4n) is 2.98. The first-order valence-corrected chi connectivity index (χ1v) is 9.44. The zero-order valence-corrected chi connectivity index (χ0v) is 16.9. The van der Waals surface area contributed by atoms with Crippen LogP contribution in [0.25, 0.3) is 11.0 Å². The molecule has 0 saturated heterocycles. The van der Waals surface area contributed by atoms with E-state index in [0.717, 1.165) is 39.1 Å². The molecule has 0 aliphatic rings. The molecule has 142 valence electrons. The number of rotatable bonds is 5. The average molecular weight is 413 g/mol. The lowest BCUT2D eigenvalue weighted by atomic mass is 10.2. The van der Waals surface area contributed by atoms with Crippen molar-refractivity contribution in [1.82, 2.24) is 19.5 Å². The van der Waals surface area contributed by atoms with Crippen LogP contribution in [0.3, 0.4) is 0 Å². The third-order valence-corrected chi connectivity index (χ3v) is 5.00. The maximum absolute atomic E-state index is 5.94. The van der Waals surface area contributed by atoms with Crippen LogP contribution in [0.15, 0.2) is 54.7 Å². The number of imidazole rings is 1. The standard InChI is InChI=1S/C20H18Cl2N6/c1-27(18-9-10-23-19(22)26-18)15-7-8-17-16(11-15)25-20(28(17)2)24-12-13-3-5-14(21)6-4-13/h3-11H,12H2,1-2H3,(H,24,25). The van der Waals surface area contributed by atoms with E-state index in [2.05, 4.69) is 15.3 Å². The lowest BCUT2D eigenvalue weighted by molar-refractivity contribution is 0.927. The van der Waals surface area contributed by atoms with Gasteiger partial charge in [0.05, 0.1) is 11.0 Å². The van der Waals surface area contributed by atoms with Gasteiger partial charge in [0.1, 0.15) is 5.82 Å². The first-order chi connectivity index (χ1) is 13.5. The molecule has 0 bridgehead atoms. The molecular formula is C20H18Cl2N6. The molecule has 0 spiro atoms. The van der Waals surface area contributed by atoms with E-state index < -0.39 is 0 Å². The quantitative estimate of drug-likeness (QED) is 0.464. The molecule has 4 aromatic rings. The summed E-state index contributed by atoms with van der Waals surface area (Å²) in [6, 6.07) is 15.7. The molecule has 0 radical (unpaired) electrons. The van der Waals surface area contributed by atoms with Gasteiger partial charge in [-0.15, -0.1) is 0 Å². The number of aryl methyl sites for hydroxylation is 1. The predicted molar refractivity (Wildman–Crippen MR) is 115 cm³/mol. The van der Waals surface area contributed by atoms with Gasteiger partial charge in [0.25, 0.3) is 0 Å². The van der Waals surface area contributed by atoms with E-state index in [9.17, 15) is 0 Å². The topological polar surface area (TPSA) is 58.9 Å². The molecule has 0 amide bonds. The van der Waals surface area contributed by atoms with E-state index in [1.54, 1.807) is 6.20 Å². The molecule has 0 aliphatic carbocycles. The summed E-state index contributed by atoms with van der Waals surface area (Å²) in [6.45, 7) is 0.667. The fraction of sp³-hybridized carbons (Fsp3) is 0.150. The normalized spacial score (nSPS) is 11.0. The Morgan fingerprint density at radius 1 is 1.04 bits per heavy atom. The summed E-state index contributed by atoms with van der Waals surface area (Å²) >= 11 is 11.9. The molecule has 0 atom stereocenters. The molecule has 4 rings (SSSR count). The van der Waals surface area contributed by atoms with Crippen LogP contribution in [0.4, 0.5) is 17.5 Å². The van der Waals surface area contributed by atoms with E-state index >= 15 is 0 Å². The first-order valence-electron chi connectivity index (χ1n) is 8.68. The molecule has 0 saturated carbocycles. The second-order valence-electron chi connectivity index (χ2n) is 6.39. The van der Waals surface area contributed by atoms with Crippen LogP contribution in [0, 0.1) is 0 Å². The van der Waals surface area contributed by atoms with E-state index in [-0.39, 0.29) is 5.28 Å². The van der Waals surface area contributed by atoms with Crippen molar-refractivity contribution < 1.29 is 0 Å². The molecule has 2 aromatic heterocycles. The fourth-order valence-corrected chi connectivity index (χ4v) is 3.25. The maximum Gasteiger partial charge on any atom is 0.224 e. The summed E-state index contributed by atoms with van der Waals surface area (Å²) in [5.74, 6) is 1.52. The van der Waals surface area contributed by atoms with Crippen LogP contribution in [0.2, 0.25) is 10.3 Å². The molecule has 1 N–H and O–H groups in total. The van der Waals surface area contributed by atoms with Crippen LogP contribution >= 0.6 is 23.2 Å². The van der Waals surface area contributed by atoms with Crippen LogP contribution < -0.4 is 10.2 Å². The number of hydrogen-bond acceptors (Lipinski definition) is 5. The Kier molecular flexibility index (Phi) is 5.07. The van der Waals surface area contributed by atoms with E-state index in [4.69, 9.17) is 28.2 Å². The molecular weight excluding hydrogens is 395 g/mol. The summed E-state index contributed by atoms with van der Waals surface area (Å²) in [6.07, 6.45) is 1.64. The van der Waals surface area contributed by atoms with Crippen LogP contribution in [-0.2, 0) is 13.6 Å². The average Bonchev–Trinajstić information content (AvgIpc) is 3.02. The Hall–Kier alpha value is -2.83. The maximum atomic E-state index is 5.94. The van der Waals surface area contributed by atoms with Crippen molar-refractivity contribution in [3.05, 3.63) is 70.6 Å². The van der Waals surface area contributed by atoms with Crippen LogP contribution in [-0.4, -0.2) is 26.6 Å². The van der Waals surface area contributed by atoms with Crippen molar-refractivity contribution in [2.75, 3.05) is 17.3 Å². The van der Waals surface area contributed by atoms with Crippen molar-refractivity contribution in [1.29, 1.82) is 0 Å². The number of benzene rings is 2. The van der Waals surface area contributed by atoms with Crippen molar-refractivity contribution in [2.45, 2.75) is 6.54 Å². The molecule has 0 unspecified atom stereocenters. The van der Waals surface area contributed by atoms with E-state index in [1.807, 2.05) is 72.1 Å². The highest BCUT2D eigenvalue weighted by Gasteiger charge is 2.12. The van der Waals surface area contributed by atoms with Gasteiger partial charge in [-0.1, -0.05) is 23.7 Å². The first kappa shape index (κ1) is 18.5. The summed E-state index contributed by atoms with van der Waals surface area (Å²) in [7, 11) is 3.93. The lowest BCUT2D eigenvalue weighted by Crippen LogP contribution is -2.11. The Labute approximate surface area is 172 Å². The van der Waals surface area contributed by atoms with E-state index in [0.29, 0.717) is 6.54 Å². The molecule has 6 nitrogen and oxygen atoms in total. The summed E-state index contributed by atoms with van der Waals surface area (Å²) < 4.78 is 2.04. The molecule has 8 heteroatoms. The Balaban J connectivity index is 1.59. The van der Waals surface area contributed by atoms with Crippen molar-refractivity contribution in [3.8, 4) is 0 Å². The molecule has 0 aliphatic heterocycles. The van der Waals surface area contributed by atoms with Crippen molar-refractivity contribution >= 4 is 51.7 Å². The predicted octanol–water partition coefficient (Wildman–Crippen LogP) is 5.05. The van der Waals surface area contributed by atoms with Gasteiger partial charge in [0, 0.05) is 37.5 Å². The van der Waals surface area contributed by atoms with Gasteiger partial charge in [-0.05, 0) is 53.6 Å².